The van der Waals surface area contributed by atoms with Crippen LogP contribution in [0.3, 0.4) is 0 Å². The molecule has 0 radical (unpaired) electrons. The molecule has 0 N–H and O–H groups in total. The van der Waals surface area contributed by atoms with Crippen molar-refractivity contribution in [3.63, 3.8) is 0 Å². The van der Waals surface area contributed by atoms with E-state index in [0.717, 1.165) is 33.7 Å². The third-order valence-corrected chi connectivity index (χ3v) is 6.19. The van der Waals surface area contributed by atoms with Gasteiger partial charge in [0.15, 0.2) is 4.96 Å². The Labute approximate surface area is 174 Å². The molecule has 7 nitrogen and oxygen atoms in total. The van der Waals surface area contributed by atoms with Gasteiger partial charge in [-0.15, -0.1) is 0 Å². The van der Waals surface area contributed by atoms with E-state index in [1.807, 2.05) is 54.8 Å². The van der Waals surface area contributed by atoms with Crippen molar-refractivity contribution in [1.29, 1.82) is 0 Å². The molecule has 5 rings (SSSR count). The van der Waals surface area contributed by atoms with E-state index in [0.29, 0.717) is 9.49 Å². The first-order valence-electron chi connectivity index (χ1n) is 9.29. The van der Waals surface area contributed by atoms with Crippen LogP contribution in [0.25, 0.3) is 27.8 Å². The molecule has 3 aromatic heterocycles. The molecule has 0 spiro atoms. The van der Waals surface area contributed by atoms with E-state index in [9.17, 15) is 14.9 Å². The maximum Gasteiger partial charge on any atom is 0.274 e. The number of rotatable bonds is 3. The zero-order valence-corrected chi connectivity index (χ0v) is 17.0. The summed E-state index contributed by atoms with van der Waals surface area (Å²) in [5, 5.41) is 10.9. The highest BCUT2D eigenvalue weighted by atomic mass is 32.1. The summed E-state index contributed by atoms with van der Waals surface area (Å²) in [6.07, 6.45) is 1.89. The lowest BCUT2D eigenvalue weighted by Gasteiger charge is -2.09. The number of thiazole rings is 1. The number of hydrogen-bond acceptors (Lipinski definition) is 5. The summed E-state index contributed by atoms with van der Waals surface area (Å²) >= 11 is 1.37. The minimum absolute atomic E-state index is 0.0538. The van der Waals surface area contributed by atoms with Gasteiger partial charge in [-0.25, -0.2) is 9.38 Å². The topological polar surface area (TPSA) is 82.4 Å². The van der Waals surface area contributed by atoms with E-state index in [2.05, 4.69) is 4.98 Å². The molecule has 8 heteroatoms. The fourth-order valence-corrected chi connectivity index (χ4v) is 4.79. The van der Waals surface area contributed by atoms with Gasteiger partial charge in [-0.05, 0) is 55.8 Å². The molecule has 0 atom stereocenters. The molecule has 0 aliphatic heterocycles. The van der Waals surface area contributed by atoms with Crippen LogP contribution >= 0.6 is 11.3 Å². The summed E-state index contributed by atoms with van der Waals surface area (Å²) < 4.78 is 4.29. The summed E-state index contributed by atoms with van der Waals surface area (Å²) in [5.74, 6) is 0. The van der Waals surface area contributed by atoms with Gasteiger partial charge in [0.2, 0.25) is 0 Å². The second-order valence-corrected chi connectivity index (χ2v) is 8.08. The molecule has 0 bridgehead atoms. The fraction of sp³-hybridized carbons (Fsp3) is 0.0909. The van der Waals surface area contributed by atoms with Crippen LogP contribution in [0.2, 0.25) is 0 Å². The summed E-state index contributed by atoms with van der Waals surface area (Å²) in [4.78, 5) is 28.7. The van der Waals surface area contributed by atoms with Crippen LogP contribution in [-0.4, -0.2) is 18.9 Å². The largest absolute Gasteiger partial charge is 0.318 e. The molecular formula is C22H16N4O3S. The van der Waals surface area contributed by atoms with Crippen molar-refractivity contribution in [2.75, 3.05) is 0 Å². The number of aryl methyl sites for hydroxylation is 1. The predicted octanol–water partition coefficient (Wildman–Crippen LogP) is 3.77. The molecular weight excluding hydrogens is 400 g/mol. The van der Waals surface area contributed by atoms with Gasteiger partial charge in [0.05, 0.1) is 20.5 Å². The summed E-state index contributed by atoms with van der Waals surface area (Å²) in [7, 11) is 0. The standard InChI is InChI=1S/C22H16N4O3S/c1-13-11-15(14(2)24(13)16-7-9-17(10-8-16)26(28)29)12-20-21(27)25-19-6-4-3-5-18(19)23-22(25)30-20/h3-12H,1-2H3. The lowest BCUT2D eigenvalue weighted by Crippen LogP contribution is -2.22. The van der Waals surface area contributed by atoms with Crippen LogP contribution in [0.15, 0.2) is 59.4 Å². The highest BCUT2D eigenvalue weighted by Crippen LogP contribution is 2.23. The quantitative estimate of drug-likeness (QED) is 0.331. The Morgan fingerprint density at radius 3 is 2.57 bits per heavy atom. The Kier molecular flexibility index (Phi) is 4.04. The number of benzene rings is 2. The van der Waals surface area contributed by atoms with Crippen molar-refractivity contribution in [2.45, 2.75) is 13.8 Å². The molecule has 0 aliphatic rings. The highest BCUT2D eigenvalue weighted by molar-refractivity contribution is 7.15. The predicted molar refractivity (Wildman–Crippen MR) is 118 cm³/mol. The Bertz CT molecular complexity index is 1560. The SMILES string of the molecule is Cc1cc(C=c2sc3nc4ccccc4n3c2=O)c(C)n1-c1ccc([N+](=O)[O-])cc1. The molecule has 5 aromatic rings. The zero-order valence-electron chi connectivity index (χ0n) is 16.2. The molecule has 0 saturated carbocycles. The number of aromatic nitrogens is 3. The van der Waals surface area contributed by atoms with E-state index < -0.39 is 4.92 Å². The van der Waals surface area contributed by atoms with Gasteiger partial charge in [-0.2, -0.15) is 0 Å². The summed E-state index contributed by atoms with van der Waals surface area (Å²) in [5.41, 5.74) is 5.29. The Balaban J connectivity index is 1.64. The Morgan fingerprint density at radius 2 is 1.83 bits per heavy atom. The number of fused-ring (bicyclic) bond motifs is 3. The van der Waals surface area contributed by atoms with Crippen LogP contribution in [0.1, 0.15) is 17.0 Å². The number of nitrogens with zero attached hydrogens (tertiary/aromatic N) is 4. The molecule has 0 amide bonds. The lowest BCUT2D eigenvalue weighted by molar-refractivity contribution is -0.384. The smallest absolute Gasteiger partial charge is 0.274 e. The number of nitro groups is 1. The van der Waals surface area contributed by atoms with E-state index in [-0.39, 0.29) is 11.2 Å². The van der Waals surface area contributed by atoms with Crippen LogP contribution in [-0.2, 0) is 0 Å². The monoisotopic (exact) mass is 416 g/mol. The molecule has 3 heterocycles. The molecule has 0 aliphatic carbocycles. The zero-order chi connectivity index (χ0) is 21.0. The lowest BCUT2D eigenvalue weighted by atomic mass is 10.2. The van der Waals surface area contributed by atoms with Crippen molar-refractivity contribution < 1.29 is 4.92 Å². The first-order chi connectivity index (χ1) is 14.4. The third-order valence-electron chi connectivity index (χ3n) is 5.22. The molecule has 30 heavy (non-hydrogen) atoms. The highest BCUT2D eigenvalue weighted by Gasteiger charge is 2.14. The third kappa shape index (κ3) is 2.73. The van der Waals surface area contributed by atoms with Gasteiger partial charge in [-0.3, -0.25) is 14.9 Å². The van der Waals surface area contributed by atoms with Gasteiger partial charge in [0.1, 0.15) is 0 Å². The average Bonchev–Trinajstić information content (AvgIpc) is 3.33. The van der Waals surface area contributed by atoms with Crippen molar-refractivity contribution in [2.24, 2.45) is 0 Å². The molecule has 0 unspecified atom stereocenters. The van der Waals surface area contributed by atoms with Crippen LogP contribution < -0.4 is 10.1 Å². The Morgan fingerprint density at radius 1 is 1.10 bits per heavy atom. The number of nitro benzene ring substituents is 1. The van der Waals surface area contributed by atoms with Crippen molar-refractivity contribution in [3.8, 4) is 5.69 Å². The number of para-hydroxylation sites is 2. The first-order valence-corrected chi connectivity index (χ1v) is 10.1. The van der Waals surface area contributed by atoms with E-state index in [4.69, 9.17) is 0 Å². The van der Waals surface area contributed by atoms with Crippen LogP contribution in [0.5, 0.6) is 0 Å². The maximum absolute atomic E-state index is 13.0. The number of imidazole rings is 1. The number of non-ortho nitro benzene ring substituents is 1. The van der Waals surface area contributed by atoms with Gasteiger partial charge < -0.3 is 4.57 Å². The minimum Gasteiger partial charge on any atom is -0.318 e. The van der Waals surface area contributed by atoms with Gasteiger partial charge in [-0.1, -0.05) is 23.5 Å². The fourth-order valence-electron chi connectivity index (χ4n) is 3.81. The molecule has 148 valence electrons. The van der Waals surface area contributed by atoms with Crippen LogP contribution in [0.4, 0.5) is 5.69 Å². The summed E-state index contributed by atoms with van der Waals surface area (Å²) in [6.45, 7) is 3.94. The first kappa shape index (κ1) is 18.3. The van der Waals surface area contributed by atoms with Crippen molar-refractivity contribution in [3.05, 3.63) is 96.5 Å². The minimum atomic E-state index is -0.412. The maximum atomic E-state index is 13.0. The van der Waals surface area contributed by atoms with Gasteiger partial charge >= 0.3 is 0 Å². The summed E-state index contributed by atoms with van der Waals surface area (Å²) in [6, 6.07) is 16.1. The normalized spacial score (nSPS) is 12.3. The van der Waals surface area contributed by atoms with E-state index >= 15 is 0 Å². The van der Waals surface area contributed by atoms with E-state index in [1.54, 1.807) is 16.5 Å². The molecule has 0 fully saturated rings. The second-order valence-electron chi connectivity index (χ2n) is 7.07. The van der Waals surface area contributed by atoms with Gasteiger partial charge in [0.25, 0.3) is 11.2 Å². The molecule has 0 saturated heterocycles. The number of hydrogen-bond donors (Lipinski definition) is 0. The Hall–Kier alpha value is -3.78. The molecule has 2 aromatic carbocycles. The average molecular weight is 416 g/mol. The van der Waals surface area contributed by atoms with E-state index in [1.165, 1.54) is 23.5 Å². The van der Waals surface area contributed by atoms with Crippen molar-refractivity contribution in [1.82, 2.24) is 14.0 Å². The second kappa shape index (κ2) is 6.64. The van der Waals surface area contributed by atoms with Crippen LogP contribution in [0, 0.1) is 24.0 Å². The van der Waals surface area contributed by atoms with Gasteiger partial charge in [0, 0.05) is 29.2 Å². The van der Waals surface area contributed by atoms with Crippen molar-refractivity contribution >= 4 is 39.1 Å².